The Hall–Kier alpha value is -0.950. The van der Waals surface area contributed by atoms with Crippen molar-refractivity contribution in [1.29, 1.82) is 0 Å². The van der Waals surface area contributed by atoms with E-state index in [0.29, 0.717) is 0 Å². The number of anilines is 2. The van der Waals surface area contributed by atoms with Gasteiger partial charge < -0.3 is 9.11 Å². The van der Waals surface area contributed by atoms with Crippen LogP contribution in [0.25, 0.3) is 0 Å². The van der Waals surface area contributed by atoms with Crippen LogP contribution in [0.2, 0.25) is 0 Å². The third-order valence-electron chi connectivity index (χ3n) is 4.43. The van der Waals surface area contributed by atoms with Gasteiger partial charge in [0.25, 0.3) is 0 Å². The van der Waals surface area contributed by atoms with Gasteiger partial charge in [0, 0.05) is 0 Å². The van der Waals surface area contributed by atoms with Gasteiger partial charge in [0.2, 0.25) is 11.8 Å². The third kappa shape index (κ3) is 10.3. The first kappa shape index (κ1) is 31.0. The fraction of sp³-hybridized carbons (Fsp3) is 0.300. The molecule has 9 nitrogen and oxygen atoms in total. The molecule has 2 aliphatic rings. The molecule has 162 valence electrons. The number of hydrazine groups is 2. The number of hydrogen-bond acceptors (Lipinski definition) is 7. The van der Waals surface area contributed by atoms with Crippen molar-refractivity contribution in [3.05, 3.63) is 60.7 Å². The molecule has 2 fully saturated rings. The van der Waals surface area contributed by atoms with Crippen molar-refractivity contribution in [2.45, 2.75) is 13.8 Å². The molecule has 2 aromatic carbocycles. The summed E-state index contributed by atoms with van der Waals surface area (Å²) in [6, 6.07) is 19.7. The summed E-state index contributed by atoms with van der Waals surface area (Å²) in [5.74, 6) is 0.369. The van der Waals surface area contributed by atoms with Crippen LogP contribution in [0.15, 0.2) is 60.7 Å². The van der Waals surface area contributed by atoms with E-state index in [1.807, 2.05) is 84.5 Å². The van der Waals surface area contributed by atoms with Crippen LogP contribution in [-0.2, 0) is 21.0 Å². The van der Waals surface area contributed by atoms with Crippen molar-refractivity contribution in [2.75, 3.05) is 23.1 Å². The van der Waals surface area contributed by atoms with Crippen molar-refractivity contribution in [3.8, 4) is 0 Å². The van der Waals surface area contributed by atoms with Gasteiger partial charge in [0.05, 0.1) is 36.3 Å². The summed E-state index contributed by atoms with van der Waals surface area (Å²) in [5, 5.41) is 3.76. The Morgan fingerprint density at radius 1 is 0.750 bits per heavy atom. The van der Waals surface area contributed by atoms with Crippen LogP contribution < -0.4 is 80.0 Å². The van der Waals surface area contributed by atoms with Crippen LogP contribution in [-0.4, -0.2) is 38.2 Å². The molecule has 2 aromatic rings. The van der Waals surface area contributed by atoms with E-state index in [2.05, 4.69) is 10.9 Å². The fourth-order valence-electron chi connectivity index (χ4n) is 2.85. The maximum absolute atomic E-state index is 11.2. The summed E-state index contributed by atoms with van der Waals surface area (Å²) in [5.41, 5.74) is 7.71. The Bertz CT molecular complexity index is 794. The van der Waals surface area contributed by atoms with E-state index in [9.17, 15) is 9.59 Å². The molecule has 0 aromatic heterocycles. The van der Waals surface area contributed by atoms with Crippen LogP contribution in [0.3, 0.4) is 0 Å². The van der Waals surface area contributed by atoms with Crippen LogP contribution in [0, 0.1) is 11.8 Å². The number of benzene rings is 2. The molecular formula is C20H24N4Na2O5S. The first-order valence-corrected chi connectivity index (χ1v) is 10.3. The Morgan fingerprint density at radius 2 is 1.03 bits per heavy atom. The second-order valence-corrected chi connectivity index (χ2v) is 7.26. The van der Waals surface area contributed by atoms with Crippen molar-refractivity contribution < 1.29 is 82.0 Å². The molecule has 4 rings (SSSR count). The van der Waals surface area contributed by atoms with Gasteiger partial charge in [-0.25, -0.2) is 0 Å². The molecule has 32 heavy (non-hydrogen) atoms. The molecule has 0 spiro atoms. The Labute approximate surface area is 234 Å². The van der Waals surface area contributed by atoms with E-state index >= 15 is 0 Å². The zero-order valence-electron chi connectivity index (χ0n) is 18.7. The van der Waals surface area contributed by atoms with Crippen molar-refractivity contribution in [1.82, 2.24) is 10.9 Å². The maximum Gasteiger partial charge on any atom is 1.00 e. The fourth-order valence-corrected chi connectivity index (χ4v) is 2.85. The summed E-state index contributed by atoms with van der Waals surface area (Å²) in [6.45, 7) is 5.36. The van der Waals surface area contributed by atoms with E-state index in [4.69, 9.17) is 13.3 Å². The van der Waals surface area contributed by atoms with E-state index < -0.39 is 11.4 Å². The van der Waals surface area contributed by atoms with Crippen LogP contribution in [0.5, 0.6) is 0 Å². The average molecular weight is 478 g/mol. The second-order valence-electron chi connectivity index (χ2n) is 6.85. The van der Waals surface area contributed by atoms with Gasteiger partial charge in [0.1, 0.15) is 0 Å². The summed E-state index contributed by atoms with van der Waals surface area (Å²) >= 11 is -3.11. The van der Waals surface area contributed by atoms with Crippen molar-refractivity contribution in [2.24, 2.45) is 11.8 Å². The largest absolute Gasteiger partial charge is 1.00 e. The van der Waals surface area contributed by atoms with Gasteiger partial charge >= 0.3 is 59.1 Å². The quantitative estimate of drug-likeness (QED) is 0.328. The van der Waals surface area contributed by atoms with Crippen LogP contribution >= 0.6 is 0 Å². The molecule has 2 unspecified atom stereocenters. The molecule has 2 N–H and O–H groups in total. The third-order valence-corrected chi connectivity index (χ3v) is 4.43. The van der Waals surface area contributed by atoms with E-state index in [1.165, 1.54) is 0 Å². The van der Waals surface area contributed by atoms with E-state index in [0.717, 1.165) is 24.5 Å². The van der Waals surface area contributed by atoms with Crippen LogP contribution in [0.4, 0.5) is 11.4 Å². The minimum absolute atomic E-state index is 0. The minimum atomic E-state index is -3.11. The van der Waals surface area contributed by atoms with Gasteiger partial charge in [-0.05, 0) is 24.3 Å². The Morgan fingerprint density at radius 3 is 1.25 bits per heavy atom. The van der Waals surface area contributed by atoms with Gasteiger partial charge in [0.15, 0.2) is 0 Å². The normalized spacial score (nSPS) is 18.8. The Kier molecular flexibility index (Phi) is 15.3. The van der Waals surface area contributed by atoms with Gasteiger partial charge in [-0.1, -0.05) is 50.2 Å². The minimum Gasteiger partial charge on any atom is -0.784 e. The average Bonchev–Trinajstić information content (AvgIpc) is 3.25. The molecule has 0 bridgehead atoms. The molecule has 0 saturated carbocycles. The molecule has 2 atom stereocenters. The molecule has 0 aliphatic carbocycles. The topological polar surface area (TPSA) is 128 Å². The van der Waals surface area contributed by atoms with Crippen LogP contribution in [0.1, 0.15) is 13.8 Å². The molecule has 2 amide bonds. The maximum atomic E-state index is 11.2. The smallest absolute Gasteiger partial charge is 0.784 e. The molecule has 2 aliphatic heterocycles. The monoisotopic (exact) mass is 478 g/mol. The van der Waals surface area contributed by atoms with Gasteiger partial charge in [-0.15, -0.1) is 11.4 Å². The second kappa shape index (κ2) is 15.8. The molecule has 2 heterocycles. The van der Waals surface area contributed by atoms with E-state index in [1.54, 1.807) is 0 Å². The number of nitrogens with zero attached hydrogens (tertiary/aromatic N) is 2. The number of carbonyl (C=O) groups is 2. The molecule has 2 saturated heterocycles. The Balaban J connectivity index is 0.000000490. The number of carbonyl (C=O) groups excluding carboxylic acids is 2. The first-order valence-electron chi connectivity index (χ1n) is 9.31. The zero-order chi connectivity index (χ0) is 22.1. The van der Waals surface area contributed by atoms with E-state index in [-0.39, 0.29) is 82.8 Å². The number of hydrogen-bond donors (Lipinski definition) is 2. The molecule has 0 radical (unpaired) electrons. The number of nitrogens with one attached hydrogen (secondary N) is 2. The SMILES string of the molecule is CC1CN(c2ccccc2)NC1=O.CC1CN(c2ccccc2)NC1=O.O=S([O-])[O-].[Na+].[Na+]. The number of rotatable bonds is 2. The molecule has 12 heteroatoms. The summed E-state index contributed by atoms with van der Waals surface area (Å²) in [7, 11) is 0. The summed E-state index contributed by atoms with van der Waals surface area (Å²) < 4.78 is 25.3. The number of amides is 2. The summed E-state index contributed by atoms with van der Waals surface area (Å²) in [4.78, 5) is 22.4. The van der Waals surface area contributed by atoms with Crippen molar-refractivity contribution in [3.63, 3.8) is 0 Å². The van der Waals surface area contributed by atoms with Crippen molar-refractivity contribution >= 4 is 34.6 Å². The number of para-hydroxylation sites is 2. The van der Waals surface area contributed by atoms with Gasteiger partial charge in [-0.3, -0.25) is 34.7 Å². The summed E-state index contributed by atoms with van der Waals surface area (Å²) in [6.07, 6.45) is 0. The zero-order valence-corrected chi connectivity index (χ0v) is 23.5. The standard InChI is InChI=1S/2C10H12N2O.2Na.H2O3S/c2*1-8-7-12(11-10(8)13)9-5-3-2-4-6-9;;;1-4(2)3/h2*2-6,8H,7H2,1H3,(H,11,13);;;(H2,1,2,3)/q;;2*+1;/p-2. The first-order chi connectivity index (χ1) is 14.3. The predicted octanol–water partition coefficient (Wildman–Crippen LogP) is -4.65. The van der Waals surface area contributed by atoms with Gasteiger partial charge in [-0.2, -0.15) is 0 Å². The predicted molar refractivity (Wildman–Crippen MR) is 112 cm³/mol. The molecular weight excluding hydrogens is 454 g/mol.